The molecule has 8 heteroatoms. The number of amides is 1. The molecular weight excluding hydrogens is 309 g/mol. The van der Waals surface area contributed by atoms with Gasteiger partial charge in [0.1, 0.15) is 0 Å². The number of rotatable bonds is 6. The van der Waals surface area contributed by atoms with Crippen molar-refractivity contribution in [1.82, 2.24) is 5.32 Å². The number of hydrogen-bond acceptors (Lipinski definition) is 4. The van der Waals surface area contributed by atoms with Gasteiger partial charge in [0.25, 0.3) is 15.0 Å². The van der Waals surface area contributed by atoms with Crippen LogP contribution in [-0.2, 0) is 13.8 Å². The summed E-state index contributed by atoms with van der Waals surface area (Å²) in [6.07, 6.45) is 2.23. The Hall–Kier alpha value is -1.34. The van der Waals surface area contributed by atoms with Crippen LogP contribution in [0, 0.1) is 11.7 Å². The molecule has 1 aliphatic carbocycles. The molecule has 5 nitrogen and oxygen atoms in total. The molecule has 0 atom stereocenters. The normalized spacial score (nSPS) is 14.9. The van der Waals surface area contributed by atoms with E-state index in [1.807, 2.05) is 0 Å². The predicted molar refractivity (Wildman–Crippen MR) is 70.7 cm³/mol. The van der Waals surface area contributed by atoms with E-state index in [2.05, 4.69) is 5.32 Å². The van der Waals surface area contributed by atoms with Crippen molar-refractivity contribution in [2.45, 2.75) is 17.7 Å². The first-order valence-corrected chi connectivity index (χ1v) is 8.31. The Balaban J connectivity index is 1.90. The second kappa shape index (κ2) is 5.97. The van der Waals surface area contributed by atoms with Crippen LogP contribution in [0.4, 0.5) is 4.39 Å². The third kappa shape index (κ3) is 4.35. The SMILES string of the molecule is O=C(COc1ccc(S(=O)(=O)Cl)cc1F)NCC1CC1. The average molecular weight is 322 g/mol. The van der Waals surface area contributed by atoms with Crippen LogP contribution in [0.15, 0.2) is 23.1 Å². The lowest BCUT2D eigenvalue weighted by Gasteiger charge is -2.08. The van der Waals surface area contributed by atoms with Crippen LogP contribution in [0.25, 0.3) is 0 Å². The molecular formula is C12H13ClFNO4S. The zero-order valence-electron chi connectivity index (χ0n) is 10.4. The van der Waals surface area contributed by atoms with Crippen LogP contribution in [0.2, 0.25) is 0 Å². The van der Waals surface area contributed by atoms with Gasteiger partial charge < -0.3 is 10.1 Å². The van der Waals surface area contributed by atoms with Crippen molar-refractivity contribution >= 4 is 25.6 Å². The van der Waals surface area contributed by atoms with Gasteiger partial charge in [-0.25, -0.2) is 12.8 Å². The molecule has 0 spiro atoms. The Kier molecular flexibility index (Phi) is 4.49. The van der Waals surface area contributed by atoms with E-state index in [1.165, 1.54) is 0 Å². The van der Waals surface area contributed by atoms with Crippen LogP contribution in [0.3, 0.4) is 0 Å². The van der Waals surface area contributed by atoms with E-state index < -0.39 is 14.9 Å². The number of benzene rings is 1. The van der Waals surface area contributed by atoms with Gasteiger partial charge in [-0.3, -0.25) is 4.79 Å². The van der Waals surface area contributed by atoms with E-state index in [0.717, 1.165) is 31.0 Å². The summed E-state index contributed by atoms with van der Waals surface area (Å²) in [5, 5.41) is 2.67. The molecule has 1 aromatic carbocycles. The molecule has 0 heterocycles. The van der Waals surface area contributed by atoms with E-state index >= 15 is 0 Å². The van der Waals surface area contributed by atoms with Crippen molar-refractivity contribution < 1.29 is 22.3 Å². The third-order valence-corrected chi connectivity index (χ3v) is 4.18. The first kappa shape index (κ1) is 15.1. The van der Waals surface area contributed by atoms with E-state index in [9.17, 15) is 17.6 Å². The molecule has 0 bridgehead atoms. The number of hydrogen-bond donors (Lipinski definition) is 1. The molecule has 0 aliphatic heterocycles. The van der Waals surface area contributed by atoms with Gasteiger partial charge in [0.2, 0.25) is 0 Å². The summed E-state index contributed by atoms with van der Waals surface area (Å²) in [7, 11) is 1.10. The summed E-state index contributed by atoms with van der Waals surface area (Å²) in [6.45, 7) is 0.282. The van der Waals surface area contributed by atoms with Gasteiger partial charge in [-0.1, -0.05) is 0 Å². The summed E-state index contributed by atoms with van der Waals surface area (Å²) in [6, 6.07) is 2.99. The highest BCUT2D eigenvalue weighted by atomic mass is 35.7. The molecule has 0 radical (unpaired) electrons. The van der Waals surface area contributed by atoms with Gasteiger partial charge in [0.05, 0.1) is 4.90 Å². The lowest BCUT2D eigenvalue weighted by atomic mass is 10.3. The van der Waals surface area contributed by atoms with Crippen molar-refractivity contribution in [2.24, 2.45) is 5.92 Å². The lowest BCUT2D eigenvalue weighted by molar-refractivity contribution is -0.123. The monoisotopic (exact) mass is 321 g/mol. The van der Waals surface area contributed by atoms with Crippen molar-refractivity contribution in [1.29, 1.82) is 0 Å². The maximum atomic E-state index is 13.6. The topological polar surface area (TPSA) is 72.5 Å². The van der Waals surface area contributed by atoms with Gasteiger partial charge >= 0.3 is 0 Å². The van der Waals surface area contributed by atoms with Gasteiger partial charge in [0.15, 0.2) is 18.2 Å². The number of carbonyl (C=O) groups excluding carboxylic acids is 1. The predicted octanol–water partition coefficient (Wildman–Crippen LogP) is 1.66. The smallest absolute Gasteiger partial charge is 0.261 e. The molecule has 1 aromatic rings. The minimum atomic E-state index is -3.99. The Bertz CT molecular complexity index is 616. The van der Waals surface area contributed by atoms with Crippen LogP contribution in [-0.4, -0.2) is 27.5 Å². The average Bonchev–Trinajstić information content (AvgIpc) is 3.17. The van der Waals surface area contributed by atoms with E-state index in [-0.39, 0.29) is 23.2 Å². The second-order valence-corrected chi connectivity index (χ2v) is 7.13. The van der Waals surface area contributed by atoms with Crippen molar-refractivity contribution in [2.75, 3.05) is 13.2 Å². The standard InChI is InChI=1S/C12H13ClFNO4S/c13-20(17,18)9-3-4-11(10(14)5-9)19-7-12(16)15-6-8-1-2-8/h3-5,8H,1-2,6-7H2,(H,15,16). The Morgan fingerprint density at radius 3 is 2.70 bits per heavy atom. The highest BCUT2D eigenvalue weighted by Gasteiger charge is 2.21. The molecule has 0 aromatic heterocycles. The Labute approximate surface area is 120 Å². The molecule has 1 saturated carbocycles. The van der Waals surface area contributed by atoms with Gasteiger partial charge in [-0.15, -0.1) is 0 Å². The minimum Gasteiger partial charge on any atom is -0.481 e. The quantitative estimate of drug-likeness (QED) is 0.809. The Morgan fingerprint density at radius 1 is 1.45 bits per heavy atom. The van der Waals surface area contributed by atoms with Crippen LogP contribution in [0.5, 0.6) is 5.75 Å². The third-order valence-electron chi connectivity index (χ3n) is 2.83. The molecule has 110 valence electrons. The molecule has 1 aliphatic rings. The van der Waals surface area contributed by atoms with Crippen LogP contribution in [0.1, 0.15) is 12.8 Å². The summed E-state index contributed by atoms with van der Waals surface area (Å²) < 4.78 is 40.6. The van der Waals surface area contributed by atoms with E-state index in [1.54, 1.807) is 0 Å². The second-order valence-electron chi connectivity index (χ2n) is 4.57. The fourth-order valence-electron chi connectivity index (χ4n) is 1.52. The molecule has 20 heavy (non-hydrogen) atoms. The molecule has 0 unspecified atom stereocenters. The van der Waals surface area contributed by atoms with E-state index in [4.69, 9.17) is 15.4 Å². The van der Waals surface area contributed by atoms with Crippen LogP contribution >= 0.6 is 10.7 Å². The number of ether oxygens (including phenoxy) is 1. The van der Waals surface area contributed by atoms with Gasteiger partial charge in [-0.2, -0.15) is 0 Å². The number of carbonyl (C=O) groups is 1. The number of halogens is 2. The first-order valence-electron chi connectivity index (χ1n) is 6.00. The van der Waals surface area contributed by atoms with Crippen molar-refractivity contribution in [3.05, 3.63) is 24.0 Å². The van der Waals surface area contributed by atoms with Gasteiger partial charge in [-0.05, 0) is 37.0 Å². The molecule has 1 amide bonds. The number of nitrogens with one attached hydrogen (secondary N) is 1. The fraction of sp³-hybridized carbons (Fsp3) is 0.417. The summed E-state index contributed by atoms with van der Waals surface area (Å²) in [5.74, 6) is -0.883. The largest absolute Gasteiger partial charge is 0.481 e. The van der Waals surface area contributed by atoms with Crippen molar-refractivity contribution in [3.63, 3.8) is 0 Å². The maximum absolute atomic E-state index is 13.6. The molecule has 2 rings (SSSR count). The summed E-state index contributed by atoms with van der Waals surface area (Å²) in [4.78, 5) is 11.1. The van der Waals surface area contributed by atoms with Gasteiger partial charge in [0, 0.05) is 17.2 Å². The molecule has 0 saturated heterocycles. The Morgan fingerprint density at radius 2 is 2.15 bits per heavy atom. The molecule has 1 N–H and O–H groups in total. The highest BCUT2D eigenvalue weighted by Crippen LogP contribution is 2.27. The van der Waals surface area contributed by atoms with E-state index in [0.29, 0.717) is 12.5 Å². The summed E-state index contributed by atoms with van der Waals surface area (Å²) >= 11 is 0. The van der Waals surface area contributed by atoms with Crippen LogP contribution < -0.4 is 10.1 Å². The summed E-state index contributed by atoms with van der Waals surface area (Å²) in [5.41, 5.74) is 0. The maximum Gasteiger partial charge on any atom is 0.261 e. The van der Waals surface area contributed by atoms with Crippen molar-refractivity contribution in [3.8, 4) is 5.75 Å². The fourth-order valence-corrected chi connectivity index (χ4v) is 2.29. The minimum absolute atomic E-state index is 0.198. The lowest BCUT2D eigenvalue weighted by Crippen LogP contribution is -2.30. The highest BCUT2D eigenvalue weighted by molar-refractivity contribution is 8.13. The zero-order chi connectivity index (χ0) is 14.8. The first-order chi connectivity index (χ1) is 9.36. The zero-order valence-corrected chi connectivity index (χ0v) is 12.0. The molecule has 1 fully saturated rings.